The van der Waals surface area contributed by atoms with Crippen LogP contribution in [0.3, 0.4) is 0 Å². The fraction of sp³-hybridized carbons (Fsp3) is 0.600. The Morgan fingerprint density at radius 3 is 2.63 bits per heavy atom. The van der Waals surface area contributed by atoms with E-state index in [1.165, 1.54) is 25.9 Å². The first-order valence-corrected chi connectivity index (χ1v) is 7.88. The highest BCUT2D eigenvalue weighted by Gasteiger charge is 2.16. The van der Waals surface area contributed by atoms with E-state index >= 15 is 0 Å². The Hall–Kier alpha value is -0.580. The molecule has 1 aromatic rings. The van der Waals surface area contributed by atoms with Gasteiger partial charge < -0.3 is 10.1 Å². The van der Waals surface area contributed by atoms with Gasteiger partial charge in [-0.15, -0.1) is 0 Å². The van der Waals surface area contributed by atoms with E-state index in [9.17, 15) is 0 Å². The van der Waals surface area contributed by atoms with Crippen LogP contribution in [0, 0.1) is 0 Å². The van der Waals surface area contributed by atoms with Crippen LogP contribution < -0.4 is 10.1 Å². The minimum atomic E-state index is 0.634. The summed E-state index contributed by atoms with van der Waals surface area (Å²) in [6, 6.07) is 8.60. The third kappa shape index (κ3) is 5.13. The maximum atomic E-state index is 5.67. The number of benzene rings is 1. The molecule has 0 spiro atoms. The highest BCUT2D eigenvalue weighted by atomic mass is 79.9. The molecule has 3 nitrogen and oxygen atoms in total. The van der Waals surface area contributed by atoms with Gasteiger partial charge in [-0.3, -0.25) is 4.90 Å². The Bertz CT molecular complexity index is 363. The van der Waals surface area contributed by atoms with Gasteiger partial charge in [-0.1, -0.05) is 15.9 Å². The summed E-state index contributed by atoms with van der Waals surface area (Å²) in [7, 11) is 0. The zero-order valence-electron chi connectivity index (χ0n) is 11.6. The Morgan fingerprint density at radius 1 is 1.26 bits per heavy atom. The molecule has 1 aromatic carbocycles. The quantitative estimate of drug-likeness (QED) is 0.780. The van der Waals surface area contributed by atoms with Gasteiger partial charge in [0.25, 0.3) is 0 Å². The van der Waals surface area contributed by atoms with Gasteiger partial charge in [0.2, 0.25) is 0 Å². The summed E-state index contributed by atoms with van der Waals surface area (Å²) in [6.45, 7) is 7.48. The highest BCUT2D eigenvalue weighted by Crippen LogP contribution is 2.15. The first kappa shape index (κ1) is 14.8. The van der Waals surface area contributed by atoms with Crippen molar-refractivity contribution in [2.24, 2.45) is 0 Å². The van der Waals surface area contributed by atoms with Crippen LogP contribution >= 0.6 is 15.9 Å². The number of hydrogen-bond acceptors (Lipinski definition) is 3. The van der Waals surface area contributed by atoms with E-state index in [1.807, 2.05) is 24.3 Å². The molecule has 4 heteroatoms. The van der Waals surface area contributed by atoms with E-state index in [4.69, 9.17) is 4.74 Å². The Kier molecular flexibility index (Phi) is 6.14. The molecule has 1 atom stereocenters. The van der Waals surface area contributed by atoms with Crippen molar-refractivity contribution in [2.45, 2.75) is 25.8 Å². The van der Waals surface area contributed by atoms with Gasteiger partial charge >= 0.3 is 0 Å². The van der Waals surface area contributed by atoms with E-state index in [-0.39, 0.29) is 0 Å². The molecule has 1 N–H and O–H groups in total. The summed E-state index contributed by atoms with van der Waals surface area (Å²) in [5.41, 5.74) is 0. The number of nitrogens with one attached hydrogen (secondary N) is 1. The van der Waals surface area contributed by atoms with Gasteiger partial charge in [0.05, 0.1) is 0 Å². The van der Waals surface area contributed by atoms with E-state index in [0.29, 0.717) is 12.6 Å². The minimum absolute atomic E-state index is 0.634. The van der Waals surface area contributed by atoms with Gasteiger partial charge in [0.15, 0.2) is 0 Å². The van der Waals surface area contributed by atoms with Crippen LogP contribution in [-0.4, -0.2) is 43.7 Å². The van der Waals surface area contributed by atoms with E-state index in [0.717, 1.165) is 23.3 Å². The van der Waals surface area contributed by atoms with Crippen LogP contribution in [0.15, 0.2) is 28.7 Å². The van der Waals surface area contributed by atoms with Crippen molar-refractivity contribution in [3.8, 4) is 5.75 Å². The van der Waals surface area contributed by atoms with Gasteiger partial charge in [0, 0.05) is 23.6 Å². The molecule has 0 saturated carbocycles. The summed E-state index contributed by atoms with van der Waals surface area (Å²) < 4.78 is 6.75. The number of hydrogen-bond donors (Lipinski definition) is 1. The number of nitrogens with zero attached hydrogens (tertiary/aromatic N) is 1. The molecule has 0 amide bonds. The van der Waals surface area contributed by atoms with Crippen molar-refractivity contribution in [1.29, 1.82) is 0 Å². The lowest BCUT2D eigenvalue weighted by atomic mass is 10.3. The molecule has 1 aliphatic heterocycles. The number of rotatable bonds is 7. The normalized spacial score (nSPS) is 17.6. The van der Waals surface area contributed by atoms with Crippen LogP contribution in [-0.2, 0) is 0 Å². The fourth-order valence-corrected chi connectivity index (χ4v) is 2.66. The second-order valence-corrected chi connectivity index (χ2v) is 6.01. The molecule has 1 unspecified atom stereocenters. The Balaban J connectivity index is 1.55. The topological polar surface area (TPSA) is 24.5 Å². The lowest BCUT2D eigenvalue weighted by molar-refractivity contribution is 0.244. The van der Waals surface area contributed by atoms with Crippen molar-refractivity contribution in [2.75, 3.05) is 32.8 Å². The summed E-state index contributed by atoms with van der Waals surface area (Å²) in [4.78, 5) is 2.56. The zero-order valence-corrected chi connectivity index (χ0v) is 13.2. The van der Waals surface area contributed by atoms with Crippen LogP contribution in [0.1, 0.15) is 19.8 Å². The molecule has 19 heavy (non-hydrogen) atoms. The second-order valence-electron chi connectivity index (χ2n) is 5.10. The average molecular weight is 327 g/mol. The summed E-state index contributed by atoms with van der Waals surface area (Å²) in [6.07, 6.45) is 2.72. The SMILES string of the molecule is CC(CNCCOc1ccc(Br)cc1)N1CCCC1. The van der Waals surface area contributed by atoms with Crippen molar-refractivity contribution in [3.05, 3.63) is 28.7 Å². The molecule has 106 valence electrons. The molecular weight excluding hydrogens is 304 g/mol. The van der Waals surface area contributed by atoms with Crippen molar-refractivity contribution >= 4 is 15.9 Å². The Labute approximate surface area is 124 Å². The van der Waals surface area contributed by atoms with E-state index in [2.05, 4.69) is 33.1 Å². The van der Waals surface area contributed by atoms with Crippen LogP contribution in [0.2, 0.25) is 0 Å². The summed E-state index contributed by atoms with van der Waals surface area (Å²) in [5.74, 6) is 0.928. The standard InChI is InChI=1S/C15H23BrN2O/c1-13(18-9-2-3-10-18)12-17-8-11-19-15-6-4-14(16)5-7-15/h4-7,13,17H,2-3,8-12H2,1H3. The van der Waals surface area contributed by atoms with Crippen LogP contribution in [0.5, 0.6) is 5.75 Å². The van der Waals surface area contributed by atoms with Gasteiger partial charge in [0.1, 0.15) is 12.4 Å². The maximum absolute atomic E-state index is 5.67. The van der Waals surface area contributed by atoms with Gasteiger partial charge in [-0.2, -0.15) is 0 Å². The first-order chi connectivity index (χ1) is 9.25. The monoisotopic (exact) mass is 326 g/mol. The van der Waals surface area contributed by atoms with Gasteiger partial charge in [-0.05, 0) is 57.1 Å². The zero-order chi connectivity index (χ0) is 13.5. The molecule has 0 radical (unpaired) electrons. The third-order valence-corrected chi connectivity index (χ3v) is 4.09. The summed E-state index contributed by atoms with van der Waals surface area (Å²) in [5, 5.41) is 3.47. The van der Waals surface area contributed by atoms with Crippen molar-refractivity contribution in [3.63, 3.8) is 0 Å². The molecule has 1 heterocycles. The molecular formula is C15H23BrN2O. The molecule has 0 aromatic heterocycles. The predicted molar refractivity (Wildman–Crippen MR) is 82.8 cm³/mol. The lowest BCUT2D eigenvalue weighted by Crippen LogP contribution is -2.39. The van der Waals surface area contributed by atoms with Crippen LogP contribution in [0.25, 0.3) is 0 Å². The molecule has 1 fully saturated rings. The third-order valence-electron chi connectivity index (χ3n) is 3.56. The van der Waals surface area contributed by atoms with E-state index < -0.39 is 0 Å². The molecule has 2 rings (SSSR count). The fourth-order valence-electron chi connectivity index (χ4n) is 2.39. The minimum Gasteiger partial charge on any atom is -0.492 e. The highest BCUT2D eigenvalue weighted by molar-refractivity contribution is 9.10. The molecule has 1 aliphatic rings. The smallest absolute Gasteiger partial charge is 0.119 e. The first-order valence-electron chi connectivity index (χ1n) is 7.09. The van der Waals surface area contributed by atoms with Crippen LogP contribution in [0.4, 0.5) is 0 Å². The average Bonchev–Trinajstić information content (AvgIpc) is 2.94. The Morgan fingerprint density at radius 2 is 1.95 bits per heavy atom. The van der Waals surface area contributed by atoms with Crippen molar-refractivity contribution < 1.29 is 4.74 Å². The predicted octanol–water partition coefficient (Wildman–Crippen LogP) is 2.90. The molecule has 0 bridgehead atoms. The second kappa shape index (κ2) is 7.88. The number of halogens is 1. The number of likely N-dealkylation sites (tertiary alicyclic amines) is 1. The van der Waals surface area contributed by atoms with E-state index in [1.54, 1.807) is 0 Å². The lowest BCUT2D eigenvalue weighted by Gasteiger charge is -2.23. The van der Waals surface area contributed by atoms with Crippen molar-refractivity contribution in [1.82, 2.24) is 10.2 Å². The molecule has 0 aliphatic carbocycles. The molecule has 1 saturated heterocycles. The van der Waals surface area contributed by atoms with Gasteiger partial charge in [-0.25, -0.2) is 0 Å². The largest absolute Gasteiger partial charge is 0.492 e. The summed E-state index contributed by atoms with van der Waals surface area (Å²) >= 11 is 3.41. The number of ether oxygens (including phenoxy) is 1. The maximum Gasteiger partial charge on any atom is 0.119 e.